The van der Waals surface area contributed by atoms with E-state index >= 15 is 0 Å². The van der Waals surface area contributed by atoms with Gasteiger partial charge in [0.05, 0.1) is 17.3 Å². The average Bonchev–Trinajstić information content (AvgIpc) is 2.19. The molecule has 0 saturated carbocycles. The molecule has 1 N–H and O–H groups in total. The van der Waals surface area contributed by atoms with Gasteiger partial charge in [-0.25, -0.2) is 0 Å². The Hall–Kier alpha value is 0.0300. The molecule has 0 amide bonds. The van der Waals surface area contributed by atoms with E-state index < -0.39 is 0 Å². The first kappa shape index (κ1) is 9.03. The first-order chi connectivity index (χ1) is 3.93. The van der Waals surface area contributed by atoms with Crippen LogP contribution in [0.15, 0.2) is 11.4 Å². The maximum absolute atomic E-state index is 7.96. The molecule has 1 aromatic rings. The van der Waals surface area contributed by atoms with E-state index in [0.29, 0.717) is 0 Å². The van der Waals surface area contributed by atoms with Crippen molar-refractivity contribution < 1.29 is 34.8 Å². The monoisotopic (exact) mass is 152 g/mol. The molecule has 0 radical (unpaired) electrons. The maximum atomic E-state index is 7.96. The Kier molecular flexibility index (Phi) is 4.88. The Balaban J connectivity index is 0.000000640. The van der Waals surface area contributed by atoms with Crippen molar-refractivity contribution >= 4 is 17.7 Å². The van der Waals surface area contributed by atoms with E-state index in [9.17, 15) is 0 Å². The van der Waals surface area contributed by atoms with Gasteiger partial charge in [-0.2, -0.15) is 0 Å². The Morgan fingerprint density at radius 1 is 1.78 bits per heavy atom. The van der Waals surface area contributed by atoms with Crippen LogP contribution in [0.1, 0.15) is 4.88 Å². The molecular weight excluding hydrogens is 149 g/mol. The second-order valence-corrected chi connectivity index (χ2v) is 1.88. The second kappa shape index (κ2) is 4.87. The molecule has 0 aliphatic carbocycles. The quantitative estimate of drug-likeness (QED) is 0.207. The van der Waals surface area contributed by atoms with E-state index in [1.165, 1.54) is 23.9 Å². The molecule has 0 bridgehead atoms. The molecule has 0 aromatic carbocycles. The molecule has 0 aliphatic rings. The first-order valence-corrected chi connectivity index (χ1v) is 2.65. The Bertz CT molecular complexity index is 175. The minimum atomic E-state index is 0. The Morgan fingerprint density at radius 3 is 3.00 bits per heavy atom. The summed E-state index contributed by atoms with van der Waals surface area (Å²) in [4.78, 5) is 0.743. The van der Waals surface area contributed by atoms with Gasteiger partial charge in [-0.1, -0.05) is 9.64 Å². The van der Waals surface area contributed by atoms with Gasteiger partial charge in [0.25, 0.3) is 0 Å². The third kappa shape index (κ3) is 2.90. The van der Waals surface area contributed by atoms with Crippen molar-refractivity contribution in [1.82, 2.24) is 9.59 Å². The third-order valence-electron chi connectivity index (χ3n) is 0.563. The molecular formula is C3H3N3NaOS+. The molecule has 0 fully saturated rings. The molecule has 0 atom stereocenters. The fourth-order valence-corrected chi connectivity index (χ4v) is 0.666. The number of hydrogen-bond donors (Lipinski definition) is 1. The van der Waals surface area contributed by atoms with Crippen LogP contribution in [-0.2, 0) is 0 Å². The van der Waals surface area contributed by atoms with E-state index in [1.807, 2.05) is 0 Å². The van der Waals surface area contributed by atoms with Gasteiger partial charge in [0.2, 0.25) is 0 Å². The maximum Gasteiger partial charge on any atom is 1.00 e. The molecule has 1 aromatic heterocycles. The molecule has 9 heavy (non-hydrogen) atoms. The van der Waals surface area contributed by atoms with Crippen molar-refractivity contribution in [3.63, 3.8) is 0 Å². The molecule has 42 valence electrons. The van der Waals surface area contributed by atoms with Gasteiger partial charge in [-0.05, 0) is 11.5 Å². The minimum Gasteiger partial charge on any atom is -0.411 e. The molecule has 0 spiro atoms. The van der Waals surface area contributed by atoms with Crippen LogP contribution in [0.25, 0.3) is 0 Å². The van der Waals surface area contributed by atoms with Crippen LogP contribution in [0.4, 0.5) is 0 Å². The van der Waals surface area contributed by atoms with E-state index in [2.05, 4.69) is 14.7 Å². The largest absolute Gasteiger partial charge is 1.00 e. The van der Waals surface area contributed by atoms with E-state index in [1.54, 1.807) is 0 Å². The summed E-state index contributed by atoms with van der Waals surface area (Å²) in [5, 5.41) is 14.2. The zero-order chi connectivity index (χ0) is 5.82. The van der Waals surface area contributed by atoms with Crippen LogP contribution in [0, 0.1) is 0 Å². The number of aromatic nitrogens is 2. The summed E-state index contributed by atoms with van der Waals surface area (Å²) in [6, 6.07) is 0. The number of nitrogens with zero attached hydrogens (tertiary/aromatic N) is 3. The number of rotatable bonds is 1. The molecule has 1 rings (SSSR count). The van der Waals surface area contributed by atoms with Crippen LogP contribution in [0.5, 0.6) is 0 Å². The van der Waals surface area contributed by atoms with Crippen LogP contribution in [0.3, 0.4) is 0 Å². The van der Waals surface area contributed by atoms with Crippen LogP contribution >= 0.6 is 11.5 Å². The fraction of sp³-hybridized carbons (Fsp3) is 0. The van der Waals surface area contributed by atoms with E-state index in [-0.39, 0.29) is 29.6 Å². The standard InChI is InChI=1S/C3H3N3OS.Na/c7-5-2-3-1-4-6-8-3;/h1-2,7H;/q;+1/b5-2-;. The normalized spacial score (nSPS) is 9.33. The number of hydrogen-bond acceptors (Lipinski definition) is 5. The SMILES string of the molecule is O/N=C\c1cnns1.[Na+]. The molecule has 0 unspecified atom stereocenters. The van der Waals surface area contributed by atoms with Gasteiger partial charge < -0.3 is 5.21 Å². The predicted octanol–water partition coefficient (Wildman–Crippen LogP) is -2.65. The molecule has 0 saturated heterocycles. The predicted molar refractivity (Wildman–Crippen MR) is 29.3 cm³/mol. The van der Waals surface area contributed by atoms with Crippen molar-refractivity contribution in [3.05, 3.63) is 11.1 Å². The summed E-state index contributed by atoms with van der Waals surface area (Å²) in [5.41, 5.74) is 0. The average molecular weight is 152 g/mol. The smallest absolute Gasteiger partial charge is 0.411 e. The molecule has 4 nitrogen and oxygen atoms in total. The fourth-order valence-electron chi connectivity index (χ4n) is 0.289. The van der Waals surface area contributed by atoms with Gasteiger partial charge in [0.15, 0.2) is 0 Å². The van der Waals surface area contributed by atoms with Crippen molar-refractivity contribution in [2.24, 2.45) is 5.16 Å². The molecule has 0 aliphatic heterocycles. The second-order valence-electron chi connectivity index (χ2n) is 1.06. The van der Waals surface area contributed by atoms with Gasteiger partial charge in [-0.15, -0.1) is 5.10 Å². The van der Waals surface area contributed by atoms with Crippen molar-refractivity contribution in [2.75, 3.05) is 0 Å². The summed E-state index contributed by atoms with van der Waals surface area (Å²) in [7, 11) is 0. The van der Waals surface area contributed by atoms with Crippen molar-refractivity contribution in [1.29, 1.82) is 0 Å². The zero-order valence-electron chi connectivity index (χ0n) is 4.85. The summed E-state index contributed by atoms with van der Waals surface area (Å²) < 4.78 is 3.53. The first-order valence-electron chi connectivity index (χ1n) is 1.88. The van der Waals surface area contributed by atoms with Gasteiger partial charge >= 0.3 is 29.6 Å². The molecule has 6 heteroatoms. The summed E-state index contributed by atoms with van der Waals surface area (Å²) in [6.45, 7) is 0. The van der Waals surface area contributed by atoms with E-state index in [0.717, 1.165) is 4.88 Å². The summed E-state index contributed by atoms with van der Waals surface area (Å²) >= 11 is 1.18. The summed E-state index contributed by atoms with van der Waals surface area (Å²) in [6.07, 6.45) is 2.80. The zero-order valence-corrected chi connectivity index (χ0v) is 7.67. The number of oxime groups is 1. The van der Waals surface area contributed by atoms with Gasteiger partial charge in [-0.3, -0.25) is 0 Å². The van der Waals surface area contributed by atoms with Gasteiger partial charge in [0, 0.05) is 0 Å². The van der Waals surface area contributed by atoms with Crippen LogP contribution in [-0.4, -0.2) is 21.0 Å². The summed E-state index contributed by atoms with van der Waals surface area (Å²) in [5.74, 6) is 0. The van der Waals surface area contributed by atoms with Crippen LogP contribution < -0.4 is 29.6 Å². The van der Waals surface area contributed by atoms with E-state index in [4.69, 9.17) is 5.21 Å². The van der Waals surface area contributed by atoms with Gasteiger partial charge in [0.1, 0.15) is 0 Å². The third-order valence-corrected chi connectivity index (χ3v) is 1.16. The van der Waals surface area contributed by atoms with Crippen LogP contribution in [0.2, 0.25) is 0 Å². The minimum absolute atomic E-state index is 0. The topological polar surface area (TPSA) is 58.4 Å². The Morgan fingerprint density at radius 2 is 2.56 bits per heavy atom. The molecule has 1 heterocycles. The van der Waals surface area contributed by atoms with Crippen molar-refractivity contribution in [2.45, 2.75) is 0 Å². The Labute approximate surface area is 78.0 Å². The van der Waals surface area contributed by atoms with Crippen molar-refractivity contribution in [3.8, 4) is 0 Å².